The van der Waals surface area contributed by atoms with Crippen molar-refractivity contribution in [2.45, 2.75) is 19.0 Å². The molecule has 156 valence electrons. The summed E-state index contributed by atoms with van der Waals surface area (Å²) in [6.45, 7) is 0.227. The van der Waals surface area contributed by atoms with Crippen LogP contribution in [0.25, 0.3) is 0 Å². The molecule has 0 saturated carbocycles. The number of carbonyl (C=O) groups is 1. The van der Waals surface area contributed by atoms with Crippen molar-refractivity contribution in [1.82, 2.24) is 4.90 Å². The molecule has 2 aromatic carbocycles. The van der Waals surface area contributed by atoms with Crippen molar-refractivity contribution >= 4 is 37.4 Å². The summed E-state index contributed by atoms with van der Waals surface area (Å²) in [5.74, 6) is 0.504. The summed E-state index contributed by atoms with van der Waals surface area (Å²) in [5, 5.41) is 0. The maximum Gasteiger partial charge on any atom is 0.261 e. The van der Waals surface area contributed by atoms with Gasteiger partial charge in [0.15, 0.2) is 16.4 Å². The first-order valence-electron chi connectivity index (χ1n) is 9.38. The zero-order chi connectivity index (χ0) is 21.0. The second kappa shape index (κ2) is 9.17. The van der Waals surface area contributed by atoms with Crippen molar-refractivity contribution in [1.29, 1.82) is 0 Å². The molecule has 29 heavy (non-hydrogen) atoms. The van der Waals surface area contributed by atoms with Crippen molar-refractivity contribution < 1.29 is 17.9 Å². The Morgan fingerprint density at radius 1 is 1.10 bits per heavy atom. The van der Waals surface area contributed by atoms with Gasteiger partial charge in [-0.05, 0) is 48.4 Å². The molecule has 2 aromatic rings. The van der Waals surface area contributed by atoms with Gasteiger partial charge >= 0.3 is 0 Å². The van der Waals surface area contributed by atoms with Crippen molar-refractivity contribution in [3.63, 3.8) is 0 Å². The topological polar surface area (TPSA) is 66.9 Å². The van der Waals surface area contributed by atoms with Gasteiger partial charge in [0.1, 0.15) is 5.75 Å². The number of amides is 1. The van der Waals surface area contributed by atoms with Crippen molar-refractivity contribution in [2.24, 2.45) is 0 Å². The number of halogens is 1. The first-order valence-corrected chi connectivity index (χ1v) is 12.0. The van der Waals surface area contributed by atoms with Crippen LogP contribution in [0.4, 0.5) is 5.69 Å². The number of carbonyl (C=O) groups excluding carboxylic acids is 1. The van der Waals surface area contributed by atoms with Gasteiger partial charge in [-0.3, -0.25) is 4.79 Å². The van der Waals surface area contributed by atoms with Crippen LogP contribution in [0.1, 0.15) is 12.0 Å². The number of hydrogen-bond acceptors (Lipinski definition) is 5. The van der Waals surface area contributed by atoms with Crippen LogP contribution in [0.2, 0.25) is 0 Å². The van der Waals surface area contributed by atoms with E-state index < -0.39 is 9.84 Å². The van der Waals surface area contributed by atoms with E-state index in [1.165, 1.54) is 0 Å². The summed E-state index contributed by atoms with van der Waals surface area (Å²) in [5.41, 5.74) is 2.02. The molecule has 0 aromatic heterocycles. The molecule has 0 bridgehead atoms. The van der Waals surface area contributed by atoms with Gasteiger partial charge < -0.3 is 14.5 Å². The predicted molar refractivity (Wildman–Crippen MR) is 118 cm³/mol. The fourth-order valence-electron chi connectivity index (χ4n) is 3.30. The van der Waals surface area contributed by atoms with Gasteiger partial charge in [0.05, 0.1) is 11.5 Å². The lowest BCUT2D eigenvalue weighted by Gasteiger charge is -2.28. The largest absolute Gasteiger partial charge is 0.484 e. The number of hydrogen-bond donors (Lipinski definition) is 0. The summed E-state index contributed by atoms with van der Waals surface area (Å²) >= 11 is 3.36. The van der Waals surface area contributed by atoms with Gasteiger partial charge in [-0.15, -0.1) is 0 Å². The van der Waals surface area contributed by atoms with Gasteiger partial charge in [0, 0.05) is 36.8 Å². The highest BCUT2D eigenvalue weighted by molar-refractivity contribution is 9.10. The minimum atomic E-state index is -3.10. The molecule has 8 heteroatoms. The summed E-state index contributed by atoms with van der Waals surface area (Å²) in [6, 6.07) is 14.8. The van der Waals surface area contributed by atoms with Crippen LogP contribution in [0.5, 0.6) is 5.75 Å². The number of anilines is 1. The Balaban J connectivity index is 1.73. The van der Waals surface area contributed by atoms with E-state index in [0.29, 0.717) is 18.7 Å². The minimum Gasteiger partial charge on any atom is -0.484 e. The number of benzene rings is 2. The SMILES string of the molecule is CN(C)c1ccc(CN(C(=O)COc2ccc(Br)cc2)[C@H]2CCS(=O)(=O)C2)cc1. The standard InChI is InChI=1S/C21H25BrN2O4S/c1-23(2)18-7-3-16(4-8-18)13-24(19-11-12-29(26,27)15-19)21(25)14-28-20-9-5-17(22)6-10-20/h3-10,19H,11-15H2,1-2H3/t19-/m0/s1. The molecule has 1 aliphatic rings. The molecule has 6 nitrogen and oxygen atoms in total. The van der Waals surface area contributed by atoms with E-state index in [2.05, 4.69) is 15.9 Å². The van der Waals surface area contributed by atoms with Crippen molar-refractivity contribution in [3.05, 3.63) is 58.6 Å². The van der Waals surface area contributed by atoms with E-state index in [4.69, 9.17) is 4.74 Å². The Labute approximate surface area is 180 Å². The maximum absolute atomic E-state index is 12.9. The molecule has 0 spiro atoms. The van der Waals surface area contributed by atoms with Crippen LogP contribution in [-0.2, 0) is 21.2 Å². The van der Waals surface area contributed by atoms with Crippen LogP contribution >= 0.6 is 15.9 Å². The van der Waals surface area contributed by atoms with E-state index in [1.807, 2.05) is 55.4 Å². The van der Waals surface area contributed by atoms with Crippen LogP contribution in [0.15, 0.2) is 53.0 Å². The van der Waals surface area contributed by atoms with Crippen LogP contribution in [0.3, 0.4) is 0 Å². The number of rotatable bonds is 7. The maximum atomic E-state index is 12.9. The third kappa shape index (κ3) is 5.96. The Morgan fingerprint density at radius 2 is 1.76 bits per heavy atom. The van der Waals surface area contributed by atoms with Crippen LogP contribution in [0, 0.1) is 0 Å². The summed E-state index contributed by atoms with van der Waals surface area (Å²) < 4.78 is 30.5. The average Bonchev–Trinajstić information content (AvgIpc) is 3.05. The van der Waals surface area contributed by atoms with Gasteiger partial charge in [-0.2, -0.15) is 0 Å². The van der Waals surface area contributed by atoms with Gasteiger partial charge in [0.25, 0.3) is 5.91 Å². The Bertz CT molecular complexity index is 944. The highest BCUT2D eigenvalue weighted by Gasteiger charge is 2.34. The van der Waals surface area contributed by atoms with E-state index in [-0.39, 0.29) is 30.1 Å². The fraction of sp³-hybridized carbons (Fsp3) is 0.381. The summed E-state index contributed by atoms with van der Waals surface area (Å²) in [7, 11) is 0.829. The second-order valence-corrected chi connectivity index (χ2v) is 10.5. The lowest BCUT2D eigenvalue weighted by molar-refractivity contribution is -0.136. The molecular weight excluding hydrogens is 456 g/mol. The number of ether oxygens (including phenoxy) is 1. The van der Waals surface area contributed by atoms with E-state index in [0.717, 1.165) is 15.7 Å². The Kier molecular flexibility index (Phi) is 6.85. The van der Waals surface area contributed by atoms with Crippen molar-refractivity contribution in [3.8, 4) is 5.75 Å². The second-order valence-electron chi connectivity index (χ2n) is 7.38. The molecule has 1 heterocycles. The van der Waals surface area contributed by atoms with E-state index in [1.54, 1.807) is 17.0 Å². The first-order chi connectivity index (χ1) is 13.7. The van der Waals surface area contributed by atoms with Crippen molar-refractivity contribution in [2.75, 3.05) is 37.1 Å². The van der Waals surface area contributed by atoms with Crippen LogP contribution < -0.4 is 9.64 Å². The lowest BCUT2D eigenvalue weighted by atomic mass is 10.1. The molecule has 1 amide bonds. The highest BCUT2D eigenvalue weighted by Crippen LogP contribution is 2.22. The third-order valence-corrected chi connectivity index (χ3v) is 7.23. The normalized spacial score (nSPS) is 17.7. The molecule has 3 rings (SSSR count). The summed E-state index contributed by atoms with van der Waals surface area (Å²) in [6.07, 6.45) is 0.460. The number of sulfone groups is 1. The molecule has 0 aliphatic carbocycles. The first kappa shape index (κ1) is 21.6. The third-order valence-electron chi connectivity index (χ3n) is 4.95. The smallest absolute Gasteiger partial charge is 0.261 e. The van der Waals surface area contributed by atoms with Gasteiger partial charge in [-0.1, -0.05) is 28.1 Å². The Morgan fingerprint density at radius 3 is 2.31 bits per heavy atom. The zero-order valence-corrected chi connectivity index (χ0v) is 18.9. The molecule has 1 fully saturated rings. The monoisotopic (exact) mass is 480 g/mol. The Hall–Kier alpha value is -2.06. The van der Waals surface area contributed by atoms with Gasteiger partial charge in [0.2, 0.25) is 0 Å². The average molecular weight is 481 g/mol. The lowest BCUT2D eigenvalue weighted by Crippen LogP contribution is -2.43. The molecule has 0 radical (unpaired) electrons. The summed E-state index contributed by atoms with van der Waals surface area (Å²) in [4.78, 5) is 16.6. The predicted octanol–water partition coefficient (Wildman–Crippen LogP) is 3.11. The minimum absolute atomic E-state index is 0.00675. The number of nitrogens with zero attached hydrogens (tertiary/aromatic N) is 2. The fourth-order valence-corrected chi connectivity index (χ4v) is 5.29. The molecular formula is C21H25BrN2O4S. The zero-order valence-electron chi connectivity index (χ0n) is 16.5. The van der Waals surface area contributed by atoms with E-state index >= 15 is 0 Å². The molecule has 1 saturated heterocycles. The molecule has 1 atom stereocenters. The quantitative estimate of drug-likeness (QED) is 0.608. The molecule has 0 unspecified atom stereocenters. The van der Waals surface area contributed by atoms with E-state index in [9.17, 15) is 13.2 Å². The highest BCUT2D eigenvalue weighted by atomic mass is 79.9. The van der Waals surface area contributed by atoms with Gasteiger partial charge in [-0.25, -0.2) is 8.42 Å². The molecule has 0 N–H and O–H groups in total. The molecule has 1 aliphatic heterocycles. The van der Waals surface area contributed by atoms with Crippen LogP contribution in [-0.4, -0.2) is 57.5 Å².